The van der Waals surface area contributed by atoms with Crippen LogP contribution in [0.2, 0.25) is 0 Å². The van der Waals surface area contributed by atoms with Crippen LogP contribution in [0.3, 0.4) is 0 Å². The molecular formula is C14H16O3. The van der Waals surface area contributed by atoms with Crippen molar-refractivity contribution in [3.05, 3.63) is 41.0 Å². The number of carbonyl (C=O) groups is 2. The van der Waals surface area contributed by atoms with Crippen molar-refractivity contribution < 1.29 is 14.7 Å². The number of hydrogen-bond donors (Lipinski definition) is 1. The lowest BCUT2D eigenvalue weighted by molar-refractivity contribution is -0.133. The van der Waals surface area contributed by atoms with Gasteiger partial charge in [0, 0.05) is 11.1 Å². The molecule has 0 fully saturated rings. The van der Waals surface area contributed by atoms with E-state index in [1.807, 2.05) is 20.8 Å². The van der Waals surface area contributed by atoms with Gasteiger partial charge in [-0.2, -0.15) is 0 Å². The van der Waals surface area contributed by atoms with E-state index in [-0.39, 0.29) is 0 Å². The molecule has 3 nitrogen and oxygen atoms in total. The minimum Gasteiger partial charge on any atom is -0.478 e. The monoisotopic (exact) mass is 232 g/mol. The summed E-state index contributed by atoms with van der Waals surface area (Å²) in [5, 5.41) is 9.15. The summed E-state index contributed by atoms with van der Waals surface area (Å²) in [5.74, 6) is -0.919. The van der Waals surface area contributed by atoms with Crippen LogP contribution in [0.4, 0.5) is 0 Å². The SMILES string of the molecule is CC(C)(C)/C(=C\c1ccc(C=O)cc1)C(=O)O. The summed E-state index contributed by atoms with van der Waals surface area (Å²) in [6.45, 7) is 5.56. The third kappa shape index (κ3) is 3.55. The zero-order valence-corrected chi connectivity index (χ0v) is 10.2. The van der Waals surface area contributed by atoms with Crippen molar-refractivity contribution in [2.24, 2.45) is 5.41 Å². The van der Waals surface area contributed by atoms with Crippen LogP contribution >= 0.6 is 0 Å². The number of carboxylic acids is 1. The van der Waals surface area contributed by atoms with Gasteiger partial charge in [0.25, 0.3) is 0 Å². The topological polar surface area (TPSA) is 54.4 Å². The molecule has 17 heavy (non-hydrogen) atoms. The van der Waals surface area contributed by atoms with E-state index in [0.717, 1.165) is 11.8 Å². The summed E-state index contributed by atoms with van der Waals surface area (Å²) in [4.78, 5) is 21.6. The van der Waals surface area contributed by atoms with Crippen molar-refractivity contribution in [1.29, 1.82) is 0 Å². The summed E-state index contributed by atoms with van der Waals surface area (Å²) in [7, 11) is 0. The van der Waals surface area contributed by atoms with Crippen molar-refractivity contribution in [2.45, 2.75) is 20.8 Å². The Morgan fingerprint density at radius 2 is 1.59 bits per heavy atom. The van der Waals surface area contributed by atoms with Crippen molar-refractivity contribution >= 4 is 18.3 Å². The van der Waals surface area contributed by atoms with E-state index < -0.39 is 11.4 Å². The second-order valence-corrected chi connectivity index (χ2v) is 4.90. The van der Waals surface area contributed by atoms with E-state index in [1.54, 1.807) is 30.3 Å². The van der Waals surface area contributed by atoms with Crippen LogP contribution in [0.25, 0.3) is 6.08 Å². The highest BCUT2D eigenvalue weighted by molar-refractivity contribution is 5.93. The normalized spacial score (nSPS) is 12.3. The van der Waals surface area contributed by atoms with Gasteiger partial charge in [0.2, 0.25) is 0 Å². The molecule has 0 heterocycles. The highest BCUT2D eigenvalue weighted by Gasteiger charge is 2.23. The first kappa shape index (κ1) is 13.2. The maximum Gasteiger partial charge on any atom is 0.332 e. The van der Waals surface area contributed by atoms with Crippen LogP contribution < -0.4 is 0 Å². The van der Waals surface area contributed by atoms with Gasteiger partial charge in [-0.05, 0) is 17.1 Å². The Morgan fingerprint density at radius 1 is 1.12 bits per heavy atom. The van der Waals surface area contributed by atoms with E-state index >= 15 is 0 Å². The first-order valence-electron chi connectivity index (χ1n) is 5.35. The second kappa shape index (κ2) is 4.95. The van der Waals surface area contributed by atoms with Crippen molar-refractivity contribution in [1.82, 2.24) is 0 Å². The van der Waals surface area contributed by atoms with Crippen molar-refractivity contribution in [2.75, 3.05) is 0 Å². The third-order valence-corrected chi connectivity index (χ3v) is 2.42. The lowest BCUT2D eigenvalue weighted by atomic mass is 9.85. The minimum atomic E-state index is -0.919. The number of carbonyl (C=O) groups excluding carboxylic acids is 1. The van der Waals surface area contributed by atoms with Crippen LogP contribution in [0, 0.1) is 5.41 Å². The molecule has 90 valence electrons. The Balaban J connectivity index is 3.13. The van der Waals surface area contributed by atoms with Gasteiger partial charge >= 0.3 is 5.97 Å². The summed E-state index contributed by atoms with van der Waals surface area (Å²) >= 11 is 0. The van der Waals surface area contributed by atoms with Crippen molar-refractivity contribution in [3.8, 4) is 0 Å². The molecule has 0 atom stereocenters. The van der Waals surface area contributed by atoms with Crippen LogP contribution in [-0.4, -0.2) is 17.4 Å². The third-order valence-electron chi connectivity index (χ3n) is 2.42. The number of hydrogen-bond acceptors (Lipinski definition) is 2. The molecule has 0 unspecified atom stereocenters. The molecule has 0 aliphatic heterocycles. The van der Waals surface area contributed by atoms with Crippen LogP contribution in [0.1, 0.15) is 36.7 Å². The number of benzene rings is 1. The van der Waals surface area contributed by atoms with E-state index in [9.17, 15) is 9.59 Å². The van der Waals surface area contributed by atoms with Gasteiger partial charge in [-0.25, -0.2) is 4.79 Å². The highest BCUT2D eigenvalue weighted by atomic mass is 16.4. The average molecular weight is 232 g/mol. The lowest BCUT2D eigenvalue weighted by Gasteiger charge is -2.19. The second-order valence-electron chi connectivity index (χ2n) is 4.90. The van der Waals surface area contributed by atoms with Gasteiger partial charge in [0.05, 0.1) is 0 Å². The molecule has 0 aliphatic rings. The fourth-order valence-electron chi connectivity index (χ4n) is 1.44. The maximum absolute atomic E-state index is 11.1. The van der Waals surface area contributed by atoms with Crippen LogP contribution in [0.5, 0.6) is 0 Å². The molecule has 0 saturated heterocycles. The molecule has 0 aliphatic carbocycles. The Kier molecular flexibility index (Phi) is 3.84. The molecule has 0 radical (unpaired) electrons. The Labute approximate surface area is 101 Å². The highest BCUT2D eigenvalue weighted by Crippen LogP contribution is 2.27. The molecule has 0 aromatic heterocycles. The average Bonchev–Trinajstić information content (AvgIpc) is 2.24. The summed E-state index contributed by atoms with van der Waals surface area (Å²) in [6, 6.07) is 6.80. The Hall–Kier alpha value is -1.90. The largest absolute Gasteiger partial charge is 0.478 e. The molecule has 1 N–H and O–H groups in total. The van der Waals surface area contributed by atoms with Gasteiger partial charge in [0.15, 0.2) is 0 Å². The number of aliphatic carboxylic acids is 1. The molecule has 1 aromatic rings. The molecule has 0 spiro atoms. The standard InChI is InChI=1S/C14H16O3/c1-14(2,3)12(13(16)17)8-10-4-6-11(9-15)7-5-10/h4-9H,1-3H3,(H,16,17)/b12-8-. The molecular weight excluding hydrogens is 216 g/mol. The van der Waals surface area contributed by atoms with Gasteiger partial charge in [-0.15, -0.1) is 0 Å². The van der Waals surface area contributed by atoms with E-state index in [0.29, 0.717) is 11.1 Å². The molecule has 1 aromatic carbocycles. The molecule has 1 rings (SSSR count). The van der Waals surface area contributed by atoms with Gasteiger partial charge in [-0.3, -0.25) is 4.79 Å². The molecule has 0 bridgehead atoms. The lowest BCUT2D eigenvalue weighted by Crippen LogP contribution is -2.17. The molecule has 0 amide bonds. The van der Waals surface area contributed by atoms with Crippen LogP contribution in [-0.2, 0) is 4.79 Å². The van der Waals surface area contributed by atoms with E-state index in [4.69, 9.17) is 5.11 Å². The number of aldehydes is 1. The Morgan fingerprint density at radius 3 is 1.94 bits per heavy atom. The fourth-order valence-corrected chi connectivity index (χ4v) is 1.44. The fraction of sp³-hybridized carbons (Fsp3) is 0.286. The van der Waals surface area contributed by atoms with Gasteiger partial charge in [0.1, 0.15) is 6.29 Å². The summed E-state index contributed by atoms with van der Waals surface area (Å²) < 4.78 is 0. The predicted molar refractivity (Wildman–Crippen MR) is 66.9 cm³/mol. The number of rotatable bonds is 3. The van der Waals surface area contributed by atoms with Gasteiger partial charge < -0.3 is 5.11 Å². The first-order valence-corrected chi connectivity index (χ1v) is 5.35. The molecule has 3 heteroatoms. The molecule has 0 saturated carbocycles. The van der Waals surface area contributed by atoms with Gasteiger partial charge in [-0.1, -0.05) is 45.0 Å². The van der Waals surface area contributed by atoms with Crippen LogP contribution in [0.15, 0.2) is 29.8 Å². The van der Waals surface area contributed by atoms with E-state index in [2.05, 4.69) is 0 Å². The smallest absolute Gasteiger partial charge is 0.332 e. The predicted octanol–water partition coefficient (Wildman–Crippen LogP) is 3.01. The minimum absolute atomic E-state index is 0.344. The Bertz CT molecular complexity index is 447. The quantitative estimate of drug-likeness (QED) is 0.643. The summed E-state index contributed by atoms with van der Waals surface area (Å²) in [5.41, 5.74) is 1.28. The maximum atomic E-state index is 11.1. The zero-order chi connectivity index (χ0) is 13.1. The summed E-state index contributed by atoms with van der Waals surface area (Å²) in [6.07, 6.45) is 2.40. The van der Waals surface area contributed by atoms with Crippen molar-refractivity contribution in [3.63, 3.8) is 0 Å². The zero-order valence-electron chi connectivity index (χ0n) is 10.2. The van der Waals surface area contributed by atoms with E-state index in [1.165, 1.54) is 0 Å². The number of carboxylic acid groups (broad SMARTS) is 1. The first-order chi connectivity index (χ1) is 7.84.